The van der Waals surface area contributed by atoms with Gasteiger partial charge in [0, 0.05) is 63.7 Å². The number of Topliss-reactive ketones (excluding diaryl/α,β-unsaturated/α-hetero) is 5. The van der Waals surface area contributed by atoms with E-state index in [1.54, 1.807) is 0 Å². The maximum Gasteiger partial charge on any atom is 0.135 e. The molecular weight excluding hydrogens is 488 g/mol. The van der Waals surface area contributed by atoms with Crippen LogP contribution in [0.1, 0.15) is 154 Å². The molecule has 0 heterocycles. The van der Waals surface area contributed by atoms with Gasteiger partial charge >= 0.3 is 0 Å². The third-order valence-corrected chi connectivity index (χ3v) is 5.61. The van der Waals surface area contributed by atoms with E-state index >= 15 is 0 Å². The van der Waals surface area contributed by atoms with Gasteiger partial charge < -0.3 is 0 Å². The summed E-state index contributed by atoms with van der Waals surface area (Å²) in [6.45, 7) is 24.4. The zero-order valence-corrected chi connectivity index (χ0v) is 27.8. The molecule has 0 amide bonds. The van der Waals surface area contributed by atoms with E-state index in [1.807, 2.05) is 55.4 Å². The molecule has 0 saturated heterocycles. The molecule has 0 spiro atoms. The summed E-state index contributed by atoms with van der Waals surface area (Å²) in [6.07, 6.45) is 7.17. The van der Waals surface area contributed by atoms with Crippen molar-refractivity contribution in [1.29, 1.82) is 0 Å². The summed E-state index contributed by atoms with van der Waals surface area (Å²) in [4.78, 5) is 56.3. The summed E-state index contributed by atoms with van der Waals surface area (Å²) in [5, 5.41) is 0. The van der Waals surface area contributed by atoms with E-state index in [4.69, 9.17) is 0 Å². The molecule has 230 valence electrons. The SMILES string of the molecule is CC(C)CC(=O)CC(C)C.CC(C)CC(=O)CCCC(=O)C(C)C.CC(C)CC(=O)CCCC(=O)CC(C)C. The van der Waals surface area contributed by atoms with Crippen molar-refractivity contribution in [1.82, 2.24) is 0 Å². The van der Waals surface area contributed by atoms with Gasteiger partial charge in [0.1, 0.15) is 28.9 Å². The predicted molar refractivity (Wildman–Crippen MR) is 165 cm³/mol. The molecule has 0 atom stereocenters. The van der Waals surface area contributed by atoms with Crippen molar-refractivity contribution in [3.63, 3.8) is 0 Å². The zero-order chi connectivity index (χ0) is 31.1. The van der Waals surface area contributed by atoms with Gasteiger partial charge in [-0.3, -0.25) is 24.0 Å². The Labute approximate surface area is 242 Å². The first-order valence-corrected chi connectivity index (χ1v) is 15.5. The lowest BCUT2D eigenvalue weighted by Gasteiger charge is -2.05. The molecular formula is C34H64O5. The third kappa shape index (κ3) is 36.4. The normalized spacial score (nSPS) is 11.0. The van der Waals surface area contributed by atoms with Gasteiger partial charge in [-0.05, 0) is 42.4 Å². The minimum atomic E-state index is 0.107. The van der Waals surface area contributed by atoms with Gasteiger partial charge in [0.25, 0.3) is 0 Å². The zero-order valence-electron chi connectivity index (χ0n) is 27.8. The smallest absolute Gasteiger partial charge is 0.135 e. The molecule has 0 radical (unpaired) electrons. The second-order valence-electron chi connectivity index (χ2n) is 13.5. The van der Waals surface area contributed by atoms with Gasteiger partial charge in [0.15, 0.2) is 0 Å². The molecule has 5 nitrogen and oxygen atoms in total. The summed E-state index contributed by atoms with van der Waals surface area (Å²) in [5.41, 5.74) is 0. The molecule has 0 N–H and O–H groups in total. The van der Waals surface area contributed by atoms with Gasteiger partial charge in [0.2, 0.25) is 0 Å². The average molecular weight is 553 g/mol. The standard InChI is InChI=1S/C13H24O2.C12H22O2.C9H18O/c1-10(2)8-12(14)6-5-7-13(15)9-11(3)4;1-9(2)8-11(13)6-5-7-12(14)10(3)4;1-7(2)5-9(10)6-8(3)4/h10-11H,5-9H2,1-4H3;9-10H,5-8H2,1-4H3;7-8H,5-6H2,1-4H3. The maximum atomic E-state index is 11.3. The maximum absolute atomic E-state index is 11.3. The Balaban J connectivity index is -0.000000509. The Morgan fingerprint density at radius 1 is 0.359 bits per heavy atom. The highest BCUT2D eigenvalue weighted by Crippen LogP contribution is 2.10. The molecule has 0 aliphatic heterocycles. The van der Waals surface area contributed by atoms with Crippen LogP contribution in [-0.2, 0) is 24.0 Å². The predicted octanol–water partition coefficient (Wildman–Crippen LogP) is 9.03. The first-order valence-electron chi connectivity index (χ1n) is 15.5. The first kappa shape index (κ1) is 41.8. The second-order valence-corrected chi connectivity index (χ2v) is 13.5. The average Bonchev–Trinajstić information content (AvgIpc) is 2.71. The Kier molecular flexibility index (Phi) is 27.2. The highest BCUT2D eigenvalue weighted by Gasteiger charge is 2.10. The molecule has 0 aromatic carbocycles. The molecule has 0 aromatic heterocycles. The van der Waals surface area contributed by atoms with Crippen LogP contribution in [0, 0.1) is 35.5 Å². The molecule has 0 aliphatic rings. The summed E-state index contributed by atoms with van der Waals surface area (Å²) in [5.74, 6) is 4.00. The lowest BCUT2D eigenvalue weighted by atomic mass is 9.99. The Hall–Kier alpha value is -1.65. The molecule has 5 heteroatoms. The molecule has 0 saturated carbocycles. The van der Waals surface area contributed by atoms with Crippen LogP contribution >= 0.6 is 0 Å². The fraction of sp³-hybridized carbons (Fsp3) is 0.853. The van der Waals surface area contributed by atoms with Gasteiger partial charge in [-0.15, -0.1) is 0 Å². The van der Waals surface area contributed by atoms with Crippen LogP contribution in [-0.4, -0.2) is 28.9 Å². The molecule has 0 rings (SSSR count). The quantitative estimate of drug-likeness (QED) is 0.159. The highest BCUT2D eigenvalue weighted by atomic mass is 16.1. The third-order valence-electron chi connectivity index (χ3n) is 5.61. The van der Waals surface area contributed by atoms with Crippen LogP contribution in [0.2, 0.25) is 0 Å². The van der Waals surface area contributed by atoms with Crippen LogP contribution in [0.5, 0.6) is 0 Å². The van der Waals surface area contributed by atoms with E-state index in [0.717, 1.165) is 25.7 Å². The molecule has 0 unspecified atom stereocenters. The fourth-order valence-corrected chi connectivity index (χ4v) is 3.90. The highest BCUT2D eigenvalue weighted by molar-refractivity contribution is 5.82. The van der Waals surface area contributed by atoms with E-state index in [1.165, 1.54) is 0 Å². The summed E-state index contributed by atoms with van der Waals surface area (Å²) < 4.78 is 0. The fourth-order valence-electron chi connectivity index (χ4n) is 3.90. The Morgan fingerprint density at radius 2 is 0.590 bits per heavy atom. The van der Waals surface area contributed by atoms with Gasteiger partial charge in [-0.1, -0.05) is 83.1 Å². The van der Waals surface area contributed by atoms with Gasteiger partial charge in [0.05, 0.1) is 0 Å². The topological polar surface area (TPSA) is 85.3 Å². The van der Waals surface area contributed by atoms with E-state index in [2.05, 4.69) is 27.7 Å². The van der Waals surface area contributed by atoms with Crippen molar-refractivity contribution in [3.8, 4) is 0 Å². The first-order chi connectivity index (χ1) is 17.9. The van der Waals surface area contributed by atoms with Crippen molar-refractivity contribution >= 4 is 28.9 Å². The van der Waals surface area contributed by atoms with E-state index in [-0.39, 0.29) is 17.5 Å². The van der Waals surface area contributed by atoms with Crippen LogP contribution in [0.4, 0.5) is 0 Å². The molecule has 0 aliphatic carbocycles. The summed E-state index contributed by atoms with van der Waals surface area (Å²) in [7, 11) is 0. The molecule has 39 heavy (non-hydrogen) atoms. The second kappa shape index (κ2) is 25.3. The molecule has 0 fully saturated rings. The van der Waals surface area contributed by atoms with Crippen molar-refractivity contribution in [2.75, 3.05) is 0 Å². The number of carbonyl (C=O) groups is 5. The van der Waals surface area contributed by atoms with Crippen molar-refractivity contribution in [2.24, 2.45) is 35.5 Å². The molecule has 0 aromatic rings. The summed E-state index contributed by atoms with van der Waals surface area (Å²) in [6, 6.07) is 0. The Morgan fingerprint density at radius 3 is 0.821 bits per heavy atom. The number of rotatable bonds is 19. The van der Waals surface area contributed by atoms with Crippen molar-refractivity contribution in [2.45, 2.75) is 154 Å². The van der Waals surface area contributed by atoms with Crippen LogP contribution in [0.15, 0.2) is 0 Å². The summed E-state index contributed by atoms with van der Waals surface area (Å²) >= 11 is 0. The van der Waals surface area contributed by atoms with Crippen LogP contribution in [0.3, 0.4) is 0 Å². The largest absolute Gasteiger partial charge is 0.300 e. The number of ketones is 5. The Bertz CT molecular complexity index is 650. The van der Waals surface area contributed by atoms with E-state index < -0.39 is 0 Å². The minimum absolute atomic E-state index is 0.107. The van der Waals surface area contributed by atoms with Gasteiger partial charge in [-0.25, -0.2) is 0 Å². The van der Waals surface area contributed by atoms with Crippen LogP contribution < -0.4 is 0 Å². The molecule has 0 bridgehead atoms. The number of hydrogen-bond acceptors (Lipinski definition) is 5. The van der Waals surface area contributed by atoms with E-state index in [9.17, 15) is 24.0 Å². The number of carbonyl (C=O) groups excluding carboxylic acids is 5. The van der Waals surface area contributed by atoms with Gasteiger partial charge in [-0.2, -0.15) is 0 Å². The van der Waals surface area contributed by atoms with Crippen molar-refractivity contribution in [3.05, 3.63) is 0 Å². The van der Waals surface area contributed by atoms with E-state index in [0.29, 0.717) is 91.9 Å². The monoisotopic (exact) mass is 552 g/mol. The minimum Gasteiger partial charge on any atom is -0.300 e. The van der Waals surface area contributed by atoms with Crippen LogP contribution in [0.25, 0.3) is 0 Å². The van der Waals surface area contributed by atoms with Crippen molar-refractivity contribution < 1.29 is 24.0 Å². The lowest BCUT2D eigenvalue weighted by Crippen LogP contribution is -2.08. The lowest BCUT2D eigenvalue weighted by molar-refractivity contribution is -0.123. The number of hydrogen-bond donors (Lipinski definition) is 0.